The largest absolute Gasteiger partial charge is 0.451 e. The molecular formula is C19H19NO3. The van der Waals surface area contributed by atoms with Gasteiger partial charge in [-0.15, -0.1) is 0 Å². The maximum atomic E-state index is 12.7. The SMILES string of the molecule is CCOCc1c(C(=O)Nc2ccccc2C)oc2ccccc12. The van der Waals surface area contributed by atoms with Crippen LogP contribution in [0.4, 0.5) is 5.69 Å². The number of furan rings is 1. The lowest BCUT2D eigenvalue weighted by molar-refractivity contribution is 0.0984. The molecule has 3 aromatic rings. The van der Waals surface area contributed by atoms with Gasteiger partial charge in [0, 0.05) is 23.2 Å². The van der Waals surface area contributed by atoms with E-state index in [1.807, 2.05) is 62.4 Å². The molecule has 118 valence electrons. The number of para-hydroxylation sites is 2. The standard InChI is InChI=1S/C19H19NO3/c1-3-22-12-15-14-9-5-7-11-17(14)23-18(15)19(21)20-16-10-6-4-8-13(16)2/h4-11H,3,12H2,1-2H3,(H,20,21). The number of nitrogens with one attached hydrogen (secondary N) is 1. The molecule has 0 atom stereocenters. The molecule has 0 bridgehead atoms. The van der Waals surface area contributed by atoms with Gasteiger partial charge >= 0.3 is 0 Å². The number of amides is 1. The maximum absolute atomic E-state index is 12.7. The molecule has 1 heterocycles. The van der Waals surface area contributed by atoms with Crippen LogP contribution in [0.5, 0.6) is 0 Å². The minimum absolute atomic E-state index is 0.259. The van der Waals surface area contributed by atoms with Crippen molar-refractivity contribution in [3.05, 3.63) is 65.4 Å². The second-order valence-electron chi connectivity index (χ2n) is 5.31. The van der Waals surface area contributed by atoms with Crippen LogP contribution in [0.3, 0.4) is 0 Å². The number of hydrogen-bond acceptors (Lipinski definition) is 3. The Balaban J connectivity index is 1.97. The van der Waals surface area contributed by atoms with E-state index >= 15 is 0 Å². The number of carbonyl (C=O) groups is 1. The van der Waals surface area contributed by atoms with Crippen molar-refractivity contribution in [2.75, 3.05) is 11.9 Å². The van der Waals surface area contributed by atoms with Crippen LogP contribution >= 0.6 is 0 Å². The van der Waals surface area contributed by atoms with Gasteiger partial charge in [0.25, 0.3) is 5.91 Å². The molecule has 0 aliphatic carbocycles. The van der Waals surface area contributed by atoms with Crippen LogP contribution in [0, 0.1) is 6.92 Å². The molecule has 0 saturated carbocycles. The van der Waals surface area contributed by atoms with Gasteiger partial charge in [0.05, 0.1) is 6.61 Å². The summed E-state index contributed by atoms with van der Waals surface area (Å²) in [6.07, 6.45) is 0. The van der Waals surface area contributed by atoms with Gasteiger partial charge in [-0.1, -0.05) is 36.4 Å². The Morgan fingerprint density at radius 3 is 2.65 bits per heavy atom. The molecule has 0 radical (unpaired) electrons. The smallest absolute Gasteiger partial charge is 0.291 e. The first-order valence-electron chi connectivity index (χ1n) is 7.66. The maximum Gasteiger partial charge on any atom is 0.291 e. The summed E-state index contributed by atoms with van der Waals surface area (Å²) >= 11 is 0. The molecule has 4 heteroatoms. The lowest BCUT2D eigenvalue weighted by atomic mass is 10.1. The van der Waals surface area contributed by atoms with Crippen molar-refractivity contribution in [2.24, 2.45) is 0 Å². The molecule has 1 N–H and O–H groups in total. The fourth-order valence-electron chi connectivity index (χ4n) is 2.52. The highest BCUT2D eigenvalue weighted by molar-refractivity contribution is 6.06. The zero-order valence-electron chi connectivity index (χ0n) is 13.3. The highest BCUT2D eigenvalue weighted by atomic mass is 16.5. The first-order chi connectivity index (χ1) is 11.2. The Hall–Kier alpha value is -2.59. The van der Waals surface area contributed by atoms with E-state index in [0.29, 0.717) is 24.6 Å². The van der Waals surface area contributed by atoms with Gasteiger partial charge in [0.1, 0.15) is 5.58 Å². The number of aryl methyl sites for hydroxylation is 1. The molecule has 2 aromatic carbocycles. The molecule has 3 rings (SSSR count). The molecule has 1 amide bonds. The Labute approximate surface area is 135 Å². The number of rotatable bonds is 5. The van der Waals surface area contributed by atoms with Crippen LogP contribution in [0.25, 0.3) is 11.0 Å². The summed E-state index contributed by atoms with van der Waals surface area (Å²) in [5, 5.41) is 3.83. The van der Waals surface area contributed by atoms with Crippen molar-refractivity contribution in [1.82, 2.24) is 0 Å². The van der Waals surface area contributed by atoms with Crippen LogP contribution in [-0.4, -0.2) is 12.5 Å². The van der Waals surface area contributed by atoms with Crippen LogP contribution in [0.1, 0.15) is 28.6 Å². The zero-order chi connectivity index (χ0) is 16.2. The van der Waals surface area contributed by atoms with Gasteiger partial charge in [-0.2, -0.15) is 0 Å². The van der Waals surface area contributed by atoms with Gasteiger partial charge in [-0.05, 0) is 31.5 Å². The number of benzene rings is 2. The summed E-state index contributed by atoms with van der Waals surface area (Å²) in [6, 6.07) is 15.3. The van der Waals surface area contributed by atoms with Gasteiger partial charge in [0.15, 0.2) is 5.76 Å². The summed E-state index contributed by atoms with van der Waals surface area (Å²) < 4.78 is 11.3. The van der Waals surface area contributed by atoms with Crippen molar-refractivity contribution in [3.63, 3.8) is 0 Å². The summed E-state index contributed by atoms with van der Waals surface area (Å²) in [5.41, 5.74) is 3.26. The number of fused-ring (bicyclic) bond motifs is 1. The summed E-state index contributed by atoms with van der Waals surface area (Å²) in [5.74, 6) is 0.0492. The van der Waals surface area contributed by atoms with E-state index in [2.05, 4.69) is 5.32 Å². The number of carbonyl (C=O) groups excluding carboxylic acids is 1. The van der Waals surface area contributed by atoms with Crippen LogP contribution in [0.15, 0.2) is 52.9 Å². The van der Waals surface area contributed by atoms with Gasteiger partial charge in [-0.3, -0.25) is 4.79 Å². The third-order valence-electron chi connectivity index (χ3n) is 3.75. The summed E-state index contributed by atoms with van der Waals surface area (Å²) in [7, 11) is 0. The van der Waals surface area contributed by atoms with E-state index in [1.54, 1.807) is 0 Å². The number of ether oxygens (including phenoxy) is 1. The average molecular weight is 309 g/mol. The molecule has 0 spiro atoms. The third-order valence-corrected chi connectivity index (χ3v) is 3.75. The van der Waals surface area contributed by atoms with Crippen molar-refractivity contribution in [3.8, 4) is 0 Å². The average Bonchev–Trinajstić information content (AvgIpc) is 2.94. The molecule has 1 aromatic heterocycles. The van der Waals surface area contributed by atoms with E-state index in [1.165, 1.54) is 0 Å². The third kappa shape index (κ3) is 3.12. The Kier molecular flexibility index (Phi) is 4.44. The van der Waals surface area contributed by atoms with E-state index in [0.717, 1.165) is 22.2 Å². The van der Waals surface area contributed by atoms with E-state index in [-0.39, 0.29) is 5.91 Å². The highest BCUT2D eigenvalue weighted by Crippen LogP contribution is 2.27. The minimum Gasteiger partial charge on any atom is -0.451 e. The second-order valence-corrected chi connectivity index (χ2v) is 5.31. The number of anilines is 1. The fourth-order valence-corrected chi connectivity index (χ4v) is 2.52. The predicted octanol–water partition coefficient (Wildman–Crippen LogP) is 4.53. The molecule has 0 saturated heterocycles. The van der Waals surface area contributed by atoms with Crippen LogP contribution < -0.4 is 5.32 Å². The van der Waals surface area contributed by atoms with Crippen LogP contribution in [0.2, 0.25) is 0 Å². The monoisotopic (exact) mass is 309 g/mol. The van der Waals surface area contributed by atoms with E-state index < -0.39 is 0 Å². The highest BCUT2D eigenvalue weighted by Gasteiger charge is 2.20. The van der Waals surface area contributed by atoms with Gasteiger partial charge < -0.3 is 14.5 Å². The second kappa shape index (κ2) is 6.67. The molecule has 23 heavy (non-hydrogen) atoms. The fraction of sp³-hybridized carbons (Fsp3) is 0.211. The van der Waals surface area contributed by atoms with Crippen molar-refractivity contribution in [2.45, 2.75) is 20.5 Å². The lowest BCUT2D eigenvalue weighted by Gasteiger charge is -2.08. The Bertz CT molecular complexity index is 836. The normalized spacial score (nSPS) is 10.9. The van der Waals surface area contributed by atoms with Gasteiger partial charge in [-0.25, -0.2) is 0 Å². The van der Waals surface area contributed by atoms with Crippen LogP contribution in [-0.2, 0) is 11.3 Å². The van der Waals surface area contributed by atoms with Gasteiger partial charge in [0.2, 0.25) is 0 Å². The van der Waals surface area contributed by atoms with Crippen molar-refractivity contribution in [1.29, 1.82) is 0 Å². The molecule has 0 aliphatic heterocycles. The first kappa shape index (κ1) is 15.3. The minimum atomic E-state index is -0.259. The molecular weight excluding hydrogens is 290 g/mol. The molecule has 4 nitrogen and oxygen atoms in total. The number of hydrogen-bond donors (Lipinski definition) is 1. The molecule has 0 unspecified atom stereocenters. The summed E-state index contributed by atoms with van der Waals surface area (Å²) in [6.45, 7) is 4.81. The van der Waals surface area contributed by atoms with Crippen molar-refractivity contribution < 1.29 is 13.9 Å². The topological polar surface area (TPSA) is 51.5 Å². The first-order valence-corrected chi connectivity index (χ1v) is 7.66. The quantitative estimate of drug-likeness (QED) is 0.753. The molecule has 0 fully saturated rings. The zero-order valence-corrected chi connectivity index (χ0v) is 13.3. The predicted molar refractivity (Wildman–Crippen MR) is 90.7 cm³/mol. The lowest BCUT2D eigenvalue weighted by Crippen LogP contribution is -2.14. The molecule has 0 aliphatic rings. The van der Waals surface area contributed by atoms with E-state index in [4.69, 9.17) is 9.15 Å². The Morgan fingerprint density at radius 2 is 1.87 bits per heavy atom. The van der Waals surface area contributed by atoms with Crippen molar-refractivity contribution >= 4 is 22.6 Å². The van der Waals surface area contributed by atoms with E-state index in [9.17, 15) is 4.79 Å². The summed E-state index contributed by atoms with van der Waals surface area (Å²) in [4.78, 5) is 12.7. The Morgan fingerprint density at radius 1 is 1.13 bits per heavy atom.